The van der Waals surface area contributed by atoms with Crippen molar-refractivity contribution in [1.82, 2.24) is 15.1 Å². The van der Waals surface area contributed by atoms with Gasteiger partial charge in [0, 0.05) is 45.9 Å². The summed E-state index contributed by atoms with van der Waals surface area (Å²) in [6, 6.07) is 21.2. The van der Waals surface area contributed by atoms with E-state index in [2.05, 4.69) is 46.3 Å². The zero-order chi connectivity index (χ0) is 31.9. The van der Waals surface area contributed by atoms with Crippen LogP contribution in [0.15, 0.2) is 66.7 Å². The Balaban J connectivity index is 1.38. The molecule has 2 aliphatic heterocycles. The van der Waals surface area contributed by atoms with E-state index < -0.39 is 6.04 Å². The second-order valence-electron chi connectivity index (χ2n) is 11.3. The second kappa shape index (κ2) is 14.6. The topological polar surface area (TPSA) is 101 Å². The Bertz CT molecular complexity index is 1510. The normalized spacial score (nSPS) is 16.4. The van der Waals surface area contributed by atoms with Crippen molar-refractivity contribution in [3.8, 4) is 11.5 Å². The molecule has 5 rings (SSSR count). The van der Waals surface area contributed by atoms with Crippen LogP contribution in [0.1, 0.15) is 63.7 Å². The molecule has 0 aliphatic carbocycles. The highest BCUT2D eigenvalue weighted by atomic mass is 16.5. The lowest BCUT2D eigenvalue weighted by atomic mass is 9.99. The lowest BCUT2D eigenvalue weighted by Gasteiger charge is -2.39. The second-order valence-corrected chi connectivity index (χ2v) is 11.3. The van der Waals surface area contributed by atoms with E-state index in [1.54, 1.807) is 26.4 Å². The summed E-state index contributed by atoms with van der Waals surface area (Å²) in [5.41, 5.74) is 3.68. The maximum absolute atomic E-state index is 14.3. The van der Waals surface area contributed by atoms with Crippen molar-refractivity contribution in [2.75, 3.05) is 65.6 Å². The number of imide groups is 1. The molecule has 10 heteroatoms. The summed E-state index contributed by atoms with van der Waals surface area (Å²) >= 11 is 0. The van der Waals surface area contributed by atoms with E-state index in [4.69, 9.17) is 14.2 Å². The number of rotatable bonds is 13. The molecule has 0 bridgehead atoms. The number of piperazine rings is 1. The van der Waals surface area contributed by atoms with Crippen LogP contribution in [0.2, 0.25) is 0 Å². The van der Waals surface area contributed by atoms with Crippen LogP contribution in [0, 0.1) is 0 Å². The van der Waals surface area contributed by atoms with Gasteiger partial charge in [0.25, 0.3) is 11.8 Å². The van der Waals surface area contributed by atoms with E-state index in [1.807, 2.05) is 30.3 Å². The van der Waals surface area contributed by atoms with Gasteiger partial charge in [0.1, 0.15) is 6.61 Å². The Hall–Kier alpha value is -4.41. The molecule has 3 amide bonds. The summed E-state index contributed by atoms with van der Waals surface area (Å²) in [6.07, 6.45) is 0.982. The van der Waals surface area contributed by atoms with Crippen LogP contribution in [0.4, 0.5) is 5.69 Å². The maximum atomic E-state index is 14.3. The van der Waals surface area contributed by atoms with Crippen molar-refractivity contribution < 1.29 is 28.6 Å². The summed E-state index contributed by atoms with van der Waals surface area (Å²) in [7, 11) is 4.58. The lowest BCUT2D eigenvalue weighted by Crippen LogP contribution is -2.47. The molecule has 2 aliphatic rings. The first-order chi connectivity index (χ1) is 21.9. The van der Waals surface area contributed by atoms with E-state index >= 15 is 0 Å². The number of methoxy groups -OCH3 is 3. The fraction of sp³-hybridized carbons (Fsp3) is 0.400. The molecule has 1 unspecified atom stereocenters. The van der Waals surface area contributed by atoms with Gasteiger partial charge in [0.15, 0.2) is 11.5 Å². The molecule has 0 saturated carbocycles. The van der Waals surface area contributed by atoms with Gasteiger partial charge in [-0.3, -0.25) is 24.2 Å². The monoisotopic (exact) mass is 614 g/mol. The van der Waals surface area contributed by atoms with E-state index in [9.17, 15) is 14.4 Å². The molecule has 0 radical (unpaired) electrons. The number of hydrogen-bond donors (Lipinski definition) is 1. The van der Waals surface area contributed by atoms with Gasteiger partial charge in [-0.2, -0.15) is 0 Å². The van der Waals surface area contributed by atoms with Crippen molar-refractivity contribution >= 4 is 23.4 Å². The van der Waals surface area contributed by atoms with Gasteiger partial charge in [-0.15, -0.1) is 0 Å². The lowest BCUT2D eigenvalue weighted by molar-refractivity contribution is -0.124. The fourth-order valence-corrected chi connectivity index (χ4v) is 6.33. The van der Waals surface area contributed by atoms with Gasteiger partial charge >= 0.3 is 0 Å². The van der Waals surface area contributed by atoms with E-state index in [0.717, 1.165) is 37.4 Å². The Morgan fingerprint density at radius 1 is 0.844 bits per heavy atom. The van der Waals surface area contributed by atoms with Gasteiger partial charge in [0.2, 0.25) is 5.91 Å². The molecular weight excluding hydrogens is 572 g/mol. The standard InChI is InChI=1S/C35H42N4O6/c1-24(25-10-6-5-7-11-25)37-18-20-38(21-19-37)29-13-8-12-27-33(29)35(42)39(34(27)41)28(14-9-17-36-32(40)23-43-2)26-15-16-30(44-3)31(22-26)45-4/h5-8,10-13,15-16,22,24,28H,9,14,17-21,23H2,1-4H3,(H,36,40)/t24-,28?/m1/s1. The summed E-state index contributed by atoms with van der Waals surface area (Å²) in [5.74, 6) is 0.208. The van der Waals surface area contributed by atoms with Crippen molar-refractivity contribution in [3.63, 3.8) is 0 Å². The smallest absolute Gasteiger partial charge is 0.264 e. The van der Waals surface area contributed by atoms with Gasteiger partial charge in [-0.1, -0.05) is 42.5 Å². The van der Waals surface area contributed by atoms with Crippen molar-refractivity contribution in [2.24, 2.45) is 0 Å². The average Bonchev–Trinajstić information content (AvgIpc) is 3.33. The minimum absolute atomic E-state index is 0.0281. The van der Waals surface area contributed by atoms with Gasteiger partial charge in [0.05, 0.1) is 37.1 Å². The predicted octanol–water partition coefficient (Wildman–Crippen LogP) is 4.47. The van der Waals surface area contributed by atoms with Gasteiger partial charge in [-0.05, 0) is 55.2 Å². The molecule has 10 nitrogen and oxygen atoms in total. The molecule has 2 atom stereocenters. The van der Waals surface area contributed by atoms with Crippen molar-refractivity contribution in [2.45, 2.75) is 31.8 Å². The number of ether oxygens (including phenoxy) is 3. The zero-order valence-electron chi connectivity index (χ0n) is 26.5. The number of nitrogens with one attached hydrogen (secondary N) is 1. The number of fused-ring (bicyclic) bond motifs is 1. The van der Waals surface area contributed by atoms with Crippen LogP contribution in [-0.2, 0) is 9.53 Å². The van der Waals surface area contributed by atoms with Crippen molar-refractivity contribution in [1.29, 1.82) is 0 Å². The largest absolute Gasteiger partial charge is 0.493 e. The number of carbonyl (C=O) groups excluding carboxylic acids is 3. The minimum Gasteiger partial charge on any atom is -0.493 e. The average molecular weight is 615 g/mol. The number of benzene rings is 3. The molecule has 1 N–H and O–H groups in total. The van der Waals surface area contributed by atoms with Crippen LogP contribution in [-0.4, -0.2) is 88.2 Å². The van der Waals surface area contributed by atoms with E-state index in [1.165, 1.54) is 17.6 Å². The predicted molar refractivity (Wildman–Crippen MR) is 172 cm³/mol. The minimum atomic E-state index is -0.576. The summed E-state index contributed by atoms with van der Waals surface area (Å²) < 4.78 is 15.9. The summed E-state index contributed by atoms with van der Waals surface area (Å²) in [5, 5.41) is 2.83. The highest BCUT2D eigenvalue weighted by Crippen LogP contribution is 2.40. The number of carbonyl (C=O) groups is 3. The van der Waals surface area contributed by atoms with E-state index in [0.29, 0.717) is 42.0 Å². The molecule has 3 aromatic carbocycles. The molecule has 0 aromatic heterocycles. The number of nitrogens with zero attached hydrogens (tertiary/aromatic N) is 3. The zero-order valence-corrected chi connectivity index (χ0v) is 26.5. The first kappa shape index (κ1) is 32.0. The third-order valence-electron chi connectivity index (χ3n) is 8.76. The van der Waals surface area contributed by atoms with Crippen LogP contribution < -0.4 is 19.7 Å². The first-order valence-electron chi connectivity index (χ1n) is 15.4. The Kier molecular flexibility index (Phi) is 10.4. The third-order valence-corrected chi connectivity index (χ3v) is 8.76. The van der Waals surface area contributed by atoms with Crippen molar-refractivity contribution in [3.05, 3.63) is 89.0 Å². The quantitative estimate of drug-likeness (QED) is 0.223. The molecule has 2 heterocycles. The summed E-state index contributed by atoms with van der Waals surface area (Å²) in [6.45, 7) is 5.75. The first-order valence-corrected chi connectivity index (χ1v) is 15.4. The molecule has 1 fully saturated rings. The Labute approximate surface area is 264 Å². The van der Waals surface area contributed by atoms with E-state index in [-0.39, 0.29) is 30.4 Å². The Morgan fingerprint density at radius 3 is 2.27 bits per heavy atom. The number of amides is 3. The maximum Gasteiger partial charge on any atom is 0.264 e. The third kappa shape index (κ3) is 6.82. The van der Waals surface area contributed by atoms with Gasteiger partial charge < -0.3 is 24.4 Å². The highest BCUT2D eigenvalue weighted by molar-refractivity contribution is 6.24. The molecule has 3 aromatic rings. The highest BCUT2D eigenvalue weighted by Gasteiger charge is 2.43. The molecule has 0 spiro atoms. The molecular formula is C35H42N4O6. The van der Waals surface area contributed by atoms with Crippen LogP contribution in [0.3, 0.4) is 0 Å². The molecule has 238 valence electrons. The molecule has 1 saturated heterocycles. The summed E-state index contributed by atoms with van der Waals surface area (Å²) in [4.78, 5) is 46.3. The van der Waals surface area contributed by atoms with Gasteiger partial charge in [-0.25, -0.2) is 0 Å². The number of anilines is 1. The van der Waals surface area contributed by atoms with Crippen LogP contribution >= 0.6 is 0 Å². The fourth-order valence-electron chi connectivity index (χ4n) is 6.33. The van der Waals surface area contributed by atoms with Crippen LogP contribution in [0.5, 0.6) is 11.5 Å². The Morgan fingerprint density at radius 2 is 1.58 bits per heavy atom. The number of hydrogen-bond acceptors (Lipinski definition) is 8. The van der Waals surface area contributed by atoms with Crippen LogP contribution in [0.25, 0.3) is 0 Å². The molecule has 45 heavy (non-hydrogen) atoms. The SMILES string of the molecule is COCC(=O)NCCCC(c1ccc(OC)c(OC)c1)N1C(=O)c2cccc(N3CCN([C@H](C)c4ccccc4)CC3)c2C1=O.